The highest BCUT2D eigenvalue weighted by Gasteiger charge is 2.08. The summed E-state index contributed by atoms with van der Waals surface area (Å²) in [5.41, 5.74) is 0.840. The number of rotatable bonds is 5. The Balaban J connectivity index is 1.87. The van der Waals surface area contributed by atoms with Crippen molar-refractivity contribution in [3.63, 3.8) is 0 Å². The van der Waals surface area contributed by atoms with E-state index in [0.717, 1.165) is 10.5 Å². The number of aliphatic hydroxyl groups is 1. The number of thioether (sulfide) groups is 1. The van der Waals surface area contributed by atoms with Crippen LogP contribution >= 0.6 is 23.4 Å². The van der Waals surface area contributed by atoms with E-state index in [9.17, 15) is 9.50 Å². The molecular formula is C15H14ClFOS. The lowest BCUT2D eigenvalue weighted by Gasteiger charge is -2.10. The Labute approximate surface area is 121 Å². The fourth-order valence-corrected chi connectivity index (χ4v) is 2.76. The molecule has 0 spiro atoms. The second-order valence-corrected chi connectivity index (χ2v) is 5.73. The Morgan fingerprint density at radius 2 is 1.89 bits per heavy atom. The summed E-state index contributed by atoms with van der Waals surface area (Å²) in [6.07, 6.45) is -0.00782. The van der Waals surface area contributed by atoms with Gasteiger partial charge in [0, 0.05) is 10.6 Å². The fourth-order valence-electron chi connectivity index (χ4n) is 1.71. The van der Waals surface area contributed by atoms with Gasteiger partial charge in [0.25, 0.3) is 0 Å². The lowest BCUT2D eigenvalue weighted by atomic mass is 10.1. The van der Waals surface area contributed by atoms with Gasteiger partial charge in [-0.3, -0.25) is 0 Å². The first-order chi connectivity index (χ1) is 9.15. The van der Waals surface area contributed by atoms with Crippen molar-refractivity contribution < 1.29 is 9.50 Å². The van der Waals surface area contributed by atoms with E-state index in [1.54, 1.807) is 23.9 Å². The van der Waals surface area contributed by atoms with Crippen molar-refractivity contribution >= 4 is 23.4 Å². The van der Waals surface area contributed by atoms with Crippen molar-refractivity contribution in [2.45, 2.75) is 17.4 Å². The highest BCUT2D eigenvalue weighted by molar-refractivity contribution is 7.99. The molecule has 2 rings (SSSR count). The van der Waals surface area contributed by atoms with Crippen LogP contribution in [-0.4, -0.2) is 17.0 Å². The summed E-state index contributed by atoms with van der Waals surface area (Å²) in [5.74, 6) is 0.164. The summed E-state index contributed by atoms with van der Waals surface area (Å²) in [5, 5.41) is 10.1. The molecule has 2 aromatic rings. The summed E-state index contributed by atoms with van der Waals surface area (Å²) in [7, 11) is 0. The molecule has 0 heterocycles. The zero-order chi connectivity index (χ0) is 13.7. The zero-order valence-electron chi connectivity index (χ0n) is 10.2. The van der Waals surface area contributed by atoms with Crippen molar-refractivity contribution in [3.05, 3.63) is 64.9 Å². The van der Waals surface area contributed by atoms with Crippen LogP contribution in [0.2, 0.25) is 5.02 Å². The molecule has 0 aliphatic rings. The lowest BCUT2D eigenvalue weighted by Crippen LogP contribution is -2.13. The van der Waals surface area contributed by atoms with Gasteiger partial charge >= 0.3 is 0 Å². The van der Waals surface area contributed by atoms with E-state index in [0.29, 0.717) is 12.2 Å². The molecule has 1 nitrogen and oxygen atoms in total. The van der Waals surface area contributed by atoms with Crippen molar-refractivity contribution in [1.82, 2.24) is 0 Å². The Hall–Kier alpha value is -1.03. The summed E-state index contributed by atoms with van der Waals surface area (Å²) < 4.78 is 13.0. The molecule has 0 amide bonds. The van der Waals surface area contributed by atoms with Crippen molar-refractivity contribution in [2.75, 3.05) is 5.75 Å². The highest BCUT2D eigenvalue weighted by Crippen LogP contribution is 2.21. The standard InChI is InChI=1S/C15H14ClFOS/c16-14-9-11(6-7-15(14)17)8-12(18)10-19-13-4-2-1-3-5-13/h1-7,9,12,18H,8,10H2. The number of halogens is 2. The molecule has 4 heteroatoms. The highest BCUT2D eigenvalue weighted by atomic mass is 35.5. The number of aliphatic hydroxyl groups excluding tert-OH is 1. The molecule has 0 saturated heterocycles. The summed E-state index contributed by atoms with van der Waals surface area (Å²) >= 11 is 7.31. The van der Waals surface area contributed by atoms with E-state index in [1.807, 2.05) is 30.3 Å². The first kappa shape index (κ1) is 14.4. The van der Waals surface area contributed by atoms with Crippen LogP contribution in [0.15, 0.2) is 53.4 Å². The van der Waals surface area contributed by atoms with Gasteiger partial charge in [-0.15, -0.1) is 11.8 Å². The average Bonchev–Trinajstić information content (AvgIpc) is 2.42. The van der Waals surface area contributed by atoms with Crippen LogP contribution < -0.4 is 0 Å². The maximum absolute atomic E-state index is 13.0. The van der Waals surface area contributed by atoms with Crippen LogP contribution in [0.4, 0.5) is 4.39 Å². The number of hydrogen-bond acceptors (Lipinski definition) is 2. The monoisotopic (exact) mass is 296 g/mol. The smallest absolute Gasteiger partial charge is 0.141 e. The van der Waals surface area contributed by atoms with Crippen LogP contribution in [-0.2, 0) is 6.42 Å². The largest absolute Gasteiger partial charge is 0.392 e. The van der Waals surface area contributed by atoms with E-state index >= 15 is 0 Å². The third-order valence-electron chi connectivity index (χ3n) is 2.64. The van der Waals surface area contributed by atoms with Gasteiger partial charge in [0.15, 0.2) is 0 Å². The molecule has 1 atom stereocenters. The van der Waals surface area contributed by atoms with Gasteiger partial charge in [0.2, 0.25) is 0 Å². The molecule has 0 aliphatic carbocycles. The molecule has 2 aromatic carbocycles. The average molecular weight is 297 g/mol. The van der Waals surface area contributed by atoms with Crippen LogP contribution in [0.5, 0.6) is 0 Å². The number of benzene rings is 2. The van der Waals surface area contributed by atoms with Gasteiger partial charge in [-0.2, -0.15) is 0 Å². The SMILES string of the molecule is OC(CSc1ccccc1)Cc1ccc(F)c(Cl)c1. The van der Waals surface area contributed by atoms with Gasteiger partial charge < -0.3 is 5.11 Å². The lowest BCUT2D eigenvalue weighted by molar-refractivity contribution is 0.200. The van der Waals surface area contributed by atoms with Gasteiger partial charge in [-0.25, -0.2) is 4.39 Å². The molecule has 1 unspecified atom stereocenters. The predicted molar refractivity (Wildman–Crippen MR) is 78.3 cm³/mol. The first-order valence-electron chi connectivity index (χ1n) is 5.95. The minimum atomic E-state index is -0.480. The fraction of sp³-hybridized carbons (Fsp3) is 0.200. The summed E-state index contributed by atoms with van der Waals surface area (Å²) in [6.45, 7) is 0. The van der Waals surface area contributed by atoms with E-state index in [4.69, 9.17) is 11.6 Å². The van der Waals surface area contributed by atoms with Crippen molar-refractivity contribution in [3.8, 4) is 0 Å². The third-order valence-corrected chi connectivity index (χ3v) is 4.09. The van der Waals surface area contributed by atoms with Gasteiger partial charge in [-0.1, -0.05) is 35.9 Å². The second-order valence-electron chi connectivity index (χ2n) is 4.23. The molecule has 19 heavy (non-hydrogen) atoms. The van der Waals surface area contributed by atoms with Crippen LogP contribution in [0, 0.1) is 5.82 Å². The molecule has 100 valence electrons. The minimum absolute atomic E-state index is 0.0976. The normalized spacial score (nSPS) is 12.4. The molecule has 0 radical (unpaired) electrons. The molecule has 0 saturated carbocycles. The molecule has 0 bridgehead atoms. The van der Waals surface area contributed by atoms with E-state index < -0.39 is 11.9 Å². The zero-order valence-corrected chi connectivity index (χ0v) is 11.8. The quantitative estimate of drug-likeness (QED) is 0.836. The topological polar surface area (TPSA) is 20.2 Å². The molecule has 0 aromatic heterocycles. The van der Waals surface area contributed by atoms with Gasteiger partial charge in [0.05, 0.1) is 11.1 Å². The maximum Gasteiger partial charge on any atom is 0.141 e. The van der Waals surface area contributed by atoms with Gasteiger partial charge in [0.1, 0.15) is 5.82 Å². The summed E-state index contributed by atoms with van der Waals surface area (Å²) in [6, 6.07) is 14.4. The Bertz CT molecular complexity index is 533. The second kappa shape index (κ2) is 6.94. The molecule has 0 fully saturated rings. The van der Waals surface area contributed by atoms with E-state index in [1.165, 1.54) is 6.07 Å². The van der Waals surface area contributed by atoms with E-state index in [-0.39, 0.29) is 5.02 Å². The number of hydrogen-bond donors (Lipinski definition) is 1. The maximum atomic E-state index is 13.0. The third kappa shape index (κ3) is 4.53. The van der Waals surface area contributed by atoms with Crippen molar-refractivity contribution in [1.29, 1.82) is 0 Å². The Morgan fingerprint density at radius 3 is 2.58 bits per heavy atom. The first-order valence-corrected chi connectivity index (χ1v) is 7.31. The Morgan fingerprint density at radius 1 is 1.16 bits per heavy atom. The Kier molecular flexibility index (Phi) is 5.25. The molecule has 0 aliphatic heterocycles. The molecule has 1 N–H and O–H groups in total. The predicted octanol–water partition coefficient (Wildman–Crippen LogP) is 4.17. The minimum Gasteiger partial charge on any atom is -0.392 e. The van der Waals surface area contributed by atoms with Crippen LogP contribution in [0.1, 0.15) is 5.56 Å². The van der Waals surface area contributed by atoms with Crippen LogP contribution in [0.3, 0.4) is 0 Å². The van der Waals surface area contributed by atoms with Crippen molar-refractivity contribution in [2.24, 2.45) is 0 Å². The van der Waals surface area contributed by atoms with E-state index in [2.05, 4.69) is 0 Å². The van der Waals surface area contributed by atoms with Gasteiger partial charge in [-0.05, 0) is 36.2 Å². The summed E-state index contributed by atoms with van der Waals surface area (Å²) in [4.78, 5) is 1.12. The van der Waals surface area contributed by atoms with Crippen LogP contribution in [0.25, 0.3) is 0 Å². The molecular weight excluding hydrogens is 283 g/mol.